The lowest BCUT2D eigenvalue weighted by molar-refractivity contribution is -0.134. The summed E-state index contributed by atoms with van der Waals surface area (Å²) in [4.78, 5) is 14.0. The second-order valence-corrected chi connectivity index (χ2v) is 4.51. The number of allylic oxidation sites excluding steroid dienone is 2. The molecule has 0 radical (unpaired) electrons. The van der Waals surface area contributed by atoms with Crippen LogP contribution in [0.2, 0.25) is 0 Å². The molecule has 2 aliphatic rings. The molecule has 0 spiro atoms. The molecule has 0 atom stereocenters. The van der Waals surface area contributed by atoms with E-state index in [2.05, 4.69) is 18.1 Å². The molecular formula is C13H17NO. The maximum Gasteiger partial charge on any atom is 0.227 e. The summed E-state index contributed by atoms with van der Waals surface area (Å²) in [5.41, 5.74) is 0. The van der Waals surface area contributed by atoms with E-state index in [1.54, 1.807) is 0 Å². The Morgan fingerprint density at radius 1 is 1.40 bits per heavy atom. The standard InChI is InChI=1S/C13H17NO/c1-2-9-14(10-11-7-8-11)13(15)12-5-3-4-6-12/h1,3-4,11-12H,5-10H2. The van der Waals surface area contributed by atoms with E-state index in [0.29, 0.717) is 6.54 Å². The summed E-state index contributed by atoms with van der Waals surface area (Å²) in [7, 11) is 0. The van der Waals surface area contributed by atoms with Gasteiger partial charge >= 0.3 is 0 Å². The predicted molar refractivity (Wildman–Crippen MR) is 60.0 cm³/mol. The van der Waals surface area contributed by atoms with Gasteiger partial charge in [0.1, 0.15) is 0 Å². The van der Waals surface area contributed by atoms with Gasteiger partial charge < -0.3 is 4.90 Å². The van der Waals surface area contributed by atoms with Crippen molar-refractivity contribution < 1.29 is 4.79 Å². The van der Waals surface area contributed by atoms with Gasteiger partial charge in [-0.3, -0.25) is 4.79 Å². The Bertz CT molecular complexity index is 301. The van der Waals surface area contributed by atoms with Crippen LogP contribution in [-0.2, 0) is 4.79 Å². The van der Waals surface area contributed by atoms with Crippen LogP contribution >= 0.6 is 0 Å². The first-order chi connectivity index (χ1) is 7.31. The number of hydrogen-bond acceptors (Lipinski definition) is 1. The molecule has 2 heteroatoms. The van der Waals surface area contributed by atoms with Crippen LogP contribution in [0.25, 0.3) is 0 Å². The summed E-state index contributed by atoms with van der Waals surface area (Å²) in [5, 5.41) is 0. The molecule has 15 heavy (non-hydrogen) atoms. The minimum Gasteiger partial charge on any atom is -0.331 e. The van der Waals surface area contributed by atoms with Crippen molar-refractivity contribution in [1.82, 2.24) is 4.90 Å². The van der Waals surface area contributed by atoms with E-state index in [0.717, 1.165) is 25.3 Å². The third-order valence-electron chi connectivity index (χ3n) is 3.13. The zero-order chi connectivity index (χ0) is 10.7. The summed E-state index contributed by atoms with van der Waals surface area (Å²) >= 11 is 0. The zero-order valence-corrected chi connectivity index (χ0v) is 8.98. The Balaban J connectivity index is 1.90. The number of carbonyl (C=O) groups excluding carboxylic acids is 1. The molecule has 1 fully saturated rings. The van der Waals surface area contributed by atoms with Crippen LogP contribution in [0.4, 0.5) is 0 Å². The highest BCUT2D eigenvalue weighted by Gasteiger charge is 2.29. The molecule has 0 aliphatic heterocycles. The summed E-state index contributed by atoms with van der Waals surface area (Å²) in [6.07, 6.45) is 13.8. The van der Waals surface area contributed by atoms with Crippen molar-refractivity contribution in [1.29, 1.82) is 0 Å². The van der Waals surface area contributed by atoms with Crippen molar-refractivity contribution in [2.75, 3.05) is 13.1 Å². The summed E-state index contributed by atoms with van der Waals surface area (Å²) in [5.74, 6) is 3.73. The van der Waals surface area contributed by atoms with Crippen LogP contribution < -0.4 is 0 Å². The van der Waals surface area contributed by atoms with Gasteiger partial charge in [0.2, 0.25) is 5.91 Å². The monoisotopic (exact) mass is 203 g/mol. The number of terminal acetylenes is 1. The van der Waals surface area contributed by atoms with Crippen LogP contribution in [0.5, 0.6) is 0 Å². The first-order valence-electron chi connectivity index (χ1n) is 5.68. The zero-order valence-electron chi connectivity index (χ0n) is 8.98. The Hall–Kier alpha value is -1.23. The van der Waals surface area contributed by atoms with E-state index in [1.165, 1.54) is 12.8 Å². The third kappa shape index (κ3) is 2.62. The fraction of sp³-hybridized carbons (Fsp3) is 0.615. The smallest absolute Gasteiger partial charge is 0.227 e. The molecule has 0 aromatic rings. The van der Waals surface area contributed by atoms with E-state index in [9.17, 15) is 4.79 Å². The number of hydrogen-bond donors (Lipinski definition) is 0. The van der Waals surface area contributed by atoms with Crippen molar-refractivity contribution in [3.8, 4) is 12.3 Å². The molecule has 1 saturated carbocycles. The van der Waals surface area contributed by atoms with E-state index >= 15 is 0 Å². The van der Waals surface area contributed by atoms with Gasteiger partial charge in [0.05, 0.1) is 6.54 Å². The van der Waals surface area contributed by atoms with Crippen LogP contribution in [0, 0.1) is 24.2 Å². The molecule has 0 saturated heterocycles. The molecule has 0 unspecified atom stereocenters. The second-order valence-electron chi connectivity index (χ2n) is 4.51. The van der Waals surface area contributed by atoms with E-state index < -0.39 is 0 Å². The summed E-state index contributed by atoms with van der Waals surface area (Å²) in [6, 6.07) is 0. The first kappa shape index (κ1) is 10.3. The Kier molecular flexibility index (Phi) is 3.11. The highest BCUT2D eigenvalue weighted by Crippen LogP contribution is 2.30. The average Bonchev–Trinajstić information content (AvgIpc) is 2.88. The van der Waals surface area contributed by atoms with Gasteiger partial charge in [0.15, 0.2) is 0 Å². The molecule has 2 nitrogen and oxygen atoms in total. The maximum absolute atomic E-state index is 12.1. The van der Waals surface area contributed by atoms with Crippen LogP contribution in [0.1, 0.15) is 25.7 Å². The molecule has 2 aliphatic carbocycles. The number of nitrogens with zero attached hydrogens (tertiary/aromatic N) is 1. The van der Waals surface area contributed by atoms with E-state index in [1.807, 2.05) is 4.90 Å². The van der Waals surface area contributed by atoms with Crippen LogP contribution in [-0.4, -0.2) is 23.9 Å². The highest BCUT2D eigenvalue weighted by atomic mass is 16.2. The quantitative estimate of drug-likeness (QED) is 0.504. The molecule has 0 N–H and O–H groups in total. The Labute approximate surface area is 91.3 Å². The van der Waals surface area contributed by atoms with Crippen molar-refractivity contribution in [2.45, 2.75) is 25.7 Å². The minimum absolute atomic E-state index is 0.164. The second kappa shape index (κ2) is 4.53. The van der Waals surface area contributed by atoms with Gasteiger partial charge in [0.25, 0.3) is 0 Å². The van der Waals surface area contributed by atoms with Crippen molar-refractivity contribution >= 4 is 5.91 Å². The maximum atomic E-state index is 12.1. The Morgan fingerprint density at radius 2 is 2.07 bits per heavy atom. The Morgan fingerprint density at radius 3 is 2.60 bits per heavy atom. The van der Waals surface area contributed by atoms with Gasteiger partial charge in [-0.05, 0) is 31.6 Å². The van der Waals surface area contributed by atoms with Gasteiger partial charge in [-0.25, -0.2) is 0 Å². The van der Waals surface area contributed by atoms with Gasteiger partial charge in [-0.2, -0.15) is 0 Å². The van der Waals surface area contributed by atoms with Crippen LogP contribution in [0.15, 0.2) is 12.2 Å². The number of carbonyl (C=O) groups is 1. The first-order valence-corrected chi connectivity index (χ1v) is 5.68. The lowest BCUT2D eigenvalue weighted by Gasteiger charge is -2.23. The van der Waals surface area contributed by atoms with Crippen molar-refractivity contribution in [3.05, 3.63) is 12.2 Å². The SMILES string of the molecule is C#CCN(CC1CC1)C(=O)C1CC=CC1. The van der Waals surface area contributed by atoms with Crippen LogP contribution in [0.3, 0.4) is 0 Å². The predicted octanol–water partition coefficient (Wildman–Crippen LogP) is 1.82. The molecular weight excluding hydrogens is 186 g/mol. The van der Waals surface area contributed by atoms with Crippen molar-refractivity contribution in [3.63, 3.8) is 0 Å². The largest absolute Gasteiger partial charge is 0.331 e. The normalized spacial score (nSPS) is 20.2. The fourth-order valence-corrected chi connectivity index (χ4v) is 2.03. The molecule has 0 bridgehead atoms. The molecule has 0 aromatic carbocycles. The molecule has 2 rings (SSSR count). The number of amides is 1. The van der Waals surface area contributed by atoms with Crippen molar-refractivity contribution in [2.24, 2.45) is 11.8 Å². The summed E-state index contributed by atoms with van der Waals surface area (Å²) < 4.78 is 0. The van der Waals surface area contributed by atoms with E-state index in [4.69, 9.17) is 6.42 Å². The molecule has 0 heterocycles. The average molecular weight is 203 g/mol. The lowest BCUT2D eigenvalue weighted by atomic mass is 10.1. The fourth-order valence-electron chi connectivity index (χ4n) is 2.03. The van der Waals surface area contributed by atoms with Gasteiger partial charge in [0, 0.05) is 12.5 Å². The molecule has 80 valence electrons. The number of rotatable bonds is 4. The third-order valence-corrected chi connectivity index (χ3v) is 3.13. The summed E-state index contributed by atoms with van der Waals surface area (Å²) in [6.45, 7) is 1.35. The molecule has 1 amide bonds. The van der Waals surface area contributed by atoms with Gasteiger partial charge in [-0.1, -0.05) is 18.1 Å². The minimum atomic E-state index is 0.164. The van der Waals surface area contributed by atoms with Gasteiger partial charge in [-0.15, -0.1) is 6.42 Å². The molecule has 0 aromatic heterocycles. The van der Waals surface area contributed by atoms with E-state index in [-0.39, 0.29) is 11.8 Å². The highest BCUT2D eigenvalue weighted by molar-refractivity contribution is 5.80. The topological polar surface area (TPSA) is 20.3 Å². The lowest BCUT2D eigenvalue weighted by Crippen LogP contribution is -2.37.